The summed E-state index contributed by atoms with van der Waals surface area (Å²) in [6.45, 7) is 5.79. The number of hydrogen-bond donors (Lipinski definition) is 2. The summed E-state index contributed by atoms with van der Waals surface area (Å²) in [5, 5.41) is 5.72. The van der Waals surface area contributed by atoms with E-state index in [2.05, 4.69) is 10.6 Å². The third kappa shape index (κ3) is 4.60. The van der Waals surface area contributed by atoms with Crippen molar-refractivity contribution in [2.45, 2.75) is 51.0 Å². The Hall–Kier alpha value is -2.91. The van der Waals surface area contributed by atoms with Crippen LogP contribution in [0.25, 0.3) is 0 Å². The molecule has 2 aromatic rings. The fraction of sp³-hybridized carbons (Fsp3) is 0.417. The van der Waals surface area contributed by atoms with Crippen molar-refractivity contribution in [1.82, 2.24) is 4.31 Å². The Morgan fingerprint density at radius 3 is 2.79 bits per heavy atom. The molecular weight excluding hydrogens is 442 g/mol. The summed E-state index contributed by atoms with van der Waals surface area (Å²) in [5.74, 6) is -0.550. The van der Waals surface area contributed by atoms with Crippen LogP contribution in [0.1, 0.15) is 37.8 Å². The number of amides is 2. The first-order chi connectivity index (χ1) is 15.7. The Balaban J connectivity index is 1.55. The van der Waals surface area contributed by atoms with Crippen LogP contribution < -0.4 is 15.4 Å². The minimum atomic E-state index is -3.85. The highest BCUT2D eigenvalue weighted by atomic mass is 32.2. The van der Waals surface area contributed by atoms with Crippen molar-refractivity contribution in [1.29, 1.82) is 0 Å². The van der Waals surface area contributed by atoms with E-state index < -0.39 is 22.0 Å². The maximum Gasteiger partial charge on any atom is 0.265 e. The number of piperidine rings is 1. The number of anilines is 2. The van der Waals surface area contributed by atoms with Crippen molar-refractivity contribution in [2.24, 2.45) is 5.92 Å². The fourth-order valence-corrected chi connectivity index (χ4v) is 6.07. The lowest BCUT2D eigenvalue weighted by atomic mass is 9.98. The van der Waals surface area contributed by atoms with Crippen LogP contribution in [0.15, 0.2) is 41.3 Å². The molecule has 0 saturated carbocycles. The van der Waals surface area contributed by atoms with Crippen LogP contribution in [0, 0.1) is 12.8 Å². The molecule has 2 heterocycles. The molecule has 1 saturated heterocycles. The van der Waals surface area contributed by atoms with Crippen LogP contribution >= 0.6 is 0 Å². The van der Waals surface area contributed by atoms with Gasteiger partial charge < -0.3 is 15.4 Å². The number of benzene rings is 2. The Kier molecular flexibility index (Phi) is 6.45. The third-order valence-electron chi connectivity index (χ3n) is 6.24. The molecule has 2 atom stereocenters. The van der Waals surface area contributed by atoms with Crippen LogP contribution in [-0.2, 0) is 26.0 Å². The van der Waals surface area contributed by atoms with Crippen LogP contribution in [-0.4, -0.2) is 43.7 Å². The molecule has 176 valence electrons. The summed E-state index contributed by atoms with van der Waals surface area (Å²) in [7, 11) is -3.85. The number of carbonyl (C=O) groups excluding carboxylic acids is 2. The molecular formula is C24H29N3O5S. The molecule has 2 aromatic carbocycles. The third-order valence-corrected chi connectivity index (χ3v) is 8.24. The lowest BCUT2D eigenvalue weighted by Crippen LogP contribution is -2.44. The van der Waals surface area contributed by atoms with E-state index in [1.165, 1.54) is 10.4 Å². The average molecular weight is 472 g/mol. The number of fused-ring (bicyclic) bond motifs is 1. The topological polar surface area (TPSA) is 105 Å². The van der Waals surface area contributed by atoms with Gasteiger partial charge in [0, 0.05) is 24.8 Å². The van der Waals surface area contributed by atoms with Gasteiger partial charge in [-0.15, -0.1) is 0 Å². The molecule has 0 aliphatic carbocycles. The zero-order valence-corrected chi connectivity index (χ0v) is 19.9. The van der Waals surface area contributed by atoms with Crippen LogP contribution in [0.4, 0.5) is 11.4 Å². The largest absolute Gasteiger partial charge is 0.479 e. The highest BCUT2D eigenvalue weighted by molar-refractivity contribution is 7.89. The van der Waals surface area contributed by atoms with E-state index in [4.69, 9.17) is 4.74 Å². The molecule has 0 bridgehead atoms. The lowest BCUT2D eigenvalue weighted by molar-refractivity contribution is -0.123. The summed E-state index contributed by atoms with van der Waals surface area (Å²) < 4.78 is 34.0. The van der Waals surface area contributed by atoms with Crippen molar-refractivity contribution < 1.29 is 22.7 Å². The van der Waals surface area contributed by atoms with Crippen molar-refractivity contribution in [3.63, 3.8) is 0 Å². The Labute approximate surface area is 194 Å². The standard InChI is InChI=1S/C24H29N3O5S/c1-4-17-8-5-6-10-19(17)25-24(29)18-9-7-11-27(14-18)33(30,31)22-13-21-20(12-15(22)2)26-23(28)16(3)32-21/h5-6,8,10,12-13,16,18H,4,7,9,11,14H2,1-3H3,(H,25,29)(H,26,28)/t16-,18+/m0/s1. The number of aryl methyl sites for hydroxylation is 2. The predicted molar refractivity (Wildman–Crippen MR) is 126 cm³/mol. The van der Waals surface area contributed by atoms with Gasteiger partial charge in [0.25, 0.3) is 5.91 Å². The van der Waals surface area contributed by atoms with Gasteiger partial charge in [0.1, 0.15) is 5.75 Å². The van der Waals surface area contributed by atoms with Gasteiger partial charge in [0.2, 0.25) is 15.9 Å². The van der Waals surface area contributed by atoms with Gasteiger partial charge in [0.15, 0.2) is 6.10 Å². The van der Waals surface area contributed by atoms with Crippen molar-refractivity contribution in [3.8, 4) is 5.75 Å². The van der Waals surface area contributed by atoms with Gasteiger partial charge in [-0.25, -0.2) is 8.42 Å². The molecule has 1 fully saturated rings. The van der Waals surface area contributed by atoms with E-state index in [9.17, 15) is 18.0 Å². The van der Waals surface area contributed by atoms with Crippen molar-refractivity contribution >= 4 is 33.2 Å². The van der Waals surface area contributed by atoms with E-state index in [1.807, 2.05) is 31.2 Å². The van der Waals surface area contributed by atoms with E-state index >= 15 is 0 Å². The highest BCUT2D eigenvalue weighted by Crippen LogP contribution is 2.36. The van der Waals surface area contributed by atoms with E-state index in [0.29, 0.717) is 36.4 Å². The number of nitrogens with zero attached hydrogens (tertiary/aromatic N) is 1. The smallest absolute Gasteiger partial charge is 0.265 e. The first kappa shape index (κ1) is 23.3. The van der Waals surface area contributed by atoms with Gasteiger partial charge in [0.05, 0.1) is 16.5 Å². The van der Waals surface area contributed by atoms with Crippen LogP contribution in [0.5, 0.6) is 5.75 Å². The highest BCUT2D eigenvalue weighted by Gasteiger charge is 2.35. The molecule has 4 rings (SSSR count). The minimum Gasteiger partial charge on any atom is -0.479 e. The quantitative estimate of drug-likeness (QED) is 0.696. The first-order valence-electron chi connectivity index (χ1n) is 11.2. The number of para-hydroxylation sites is 1. The molecule has 0 aromatic heterocycles. The summed E-state index contributed by atoms with van der Waals surface area (Å²) in [6.07, 6.45) is 1.31. The summed E-state index contributed by atoms with van der Waals surface area (Å²) >= 11 is 0. The molecule has 9 heteroatoms. The first-order valence-corrected chi connectivity index (χ1v) is 12.7. The van der Waals surface area contributed by atoms with Gasteiger partial charge in [-0.2, -0.15) is 4.31 Å². The van der Waals surface area contributed by atoms with E-state index in [1.54, 1.807) is 19.9 Å². The van der Waals surface area contributed by atoms with E-state index in [-0.39, 0.29) is 23.3 Å². The van der Waals surface area contributed by atoms with Crippen molar-refractivity contribution in [2.75, 3.05) is 23.7 Å². The number of hydrogen-bond acceptors (Lipinski definition) is 5. The maximum absolute atomic E-state index is 13.5. The monoisotopic (exact) mass is 471 g/mol. The number of rotatable bonds is 5. The summed E-state index contributed by atoms with van der Waals surface area (Å²) in [6, 6.07) is 10.7. The Morgan fingerprint density at radius 2 is 2.03 bits per heavy atom. The van der Waals surface area contributed by atoms with Gasteiger partial charge >= 0.3 is 0 Å². The zero-order chi connectivity index (χ0) is 23.8. The lowest BCUT2D eigenvalue weighted by Gasteiger charge is -2.32. The Bertz CT molecular complexity index is 1190. The normalized spacial score (nSPS) is 21.0. The second-order valence-corrected chi connectivity index (χ2v) is 10.5. The molecule has 2 aliphatic heterocycles. The molecule has 0 radical (unpaired) electrons. The second-order valence-electron chi connectivity index (χ2n) is 8.57. The molecule has 2 N–H and O–H groups in total. The van der Waals surface area contributed by atoms with Crippen LogP contribution in [0.2, 0.25) is 0 Å². The zero-order valence-electron chi connectivity index (χ0n) is 19.1. The molecule has 2 aliphatic rings. The molecule has 8 nitrogen and oxygen atoms in total. The number of carbonyl (C=O) groups is 2. The van der Waals surface area contributed by atoms with E-state index in [0.717, 1.165) is 17.7 Å². The summed E-state index contributed by atoms with van der Waals surface area (Å²) in [4.78, 5) is 25.0. The molecule has 0 unspecified atom stereocenters. The Morgan fingerprint density at radius 1 is 1.27 bits per heavy atom. The number of nitrogens with one attached hydrogen (secondary N) is 2. The molecule has 33 heavy (non-hydrogen) atoms. The van der Waals surface area contributed by atoms with Crippen molar-refractivity contribution in [3.05, 3.63) is 47.5 Å². The summed E-state index contributed by atoms with van der Waals surface area (Å²) in [5.41, 5.74) is 2.77. The number of sulfonamides is 1. The average Bonchev–Trinajstić information content (AvgIpc) is 2.80. The van der Waals surface area contributed by atoms with Gasteiger partial charge in [-0.1, -0.05) is 25.1 Å². The SMILES string of the molecule is CCc1ccccc1NC(=O)[C@@H]1CCCN(S(=O)(=O)c2cc3c(cc2C)NC(=O)[C@H](C)O3)C1. The van der Waals surface area contributed by atoms with Gasteiger partial charge in [-0.05, 0) is 56.4 Å². The molecule has 2 amide bonds. The maximum atomic E-state index is 13.5. The second kappa shape index (κ2) is 9.15. The molecule has 0 spiro atoms. The fourth-order valence-electron chi connectivity index (χ4n) is 4.32. The number of ether oxygens (including phenoxy) is 1. The minimum absolute atomic E-state index is 0.118. The van der Waals surface area contributed by atoms with Crippen LogP contribution in [0.3, 0.4) is 0 Å². The predicted octanol–water partition coefficient (Wildman–Crippen LogP) is 3.32. The van der Waals surface area contributed by atoms with Gasteiger partial charge in [-0.3, -0.25) is 9.59 Å².